The summed E-state index contributed by atoms with van der Waals surface area (Å²) in [7, 11) is 0. The molecule has 3 heteroatoms. The minimum atomic E-state index is 0.131. The van der Waals surface area contributed by atoms with Crippen LogP contribution < -0.4 is 0 Å². The van der Waals surface area contributed by atoms with Gasteiger partial charge in [-0.1, -0.05) is 42.8 Å². The Hall–Kier alpha value is -1.12. The molecule has 2 rings (SSSR count). The van der Waals surface area contributed by atoms with E-state index in [0.29, 0.717) is 10.8 Å². The van der Waals surface area contributed by atoms with Crippen LogP contribution in [0.1, 0.15) is 27.7 Å². The summed E-state index contributed by atoms with van der Waals surface area (Å²) in [5.41, 5.74) is 2.34. The minimum Gasteiger partial charge on any atom is -0.293 e. The fourth-order valence-corrected chi connectivity index (χ4v) is 2.61. The second kappa shape index (κ2) is 5.48. The molecule has 88 valence electrons. The molecule has 17 heavy (non-hydrogen) atoms. The molecule has 0 atom stereocenters. The Morgan fingerprint density at radius 2 is 1.76 bits per heavy atom. The molecule has 0 unspecified atom stereocenters. The summed E-state index contributed by atoms with van der Waals surface area (Å²) in [4.78, 5) is 12.7. The molecule has 0 radical (unpaired) electrons. The van der Waals surface area contributed by atoms with Gasteiger partial charge in [0, 0.05) is 6.42 Å². The van der Waals surface area contributed by atoms with Crippen LogP contribution in [0.25, 0.3) is 0 Å². The van der Waals surface area contributed by atoms with E-state index in [2.05, 4.69) is 19.1 Å². The number of halogens is 1. The Morgan fingerprint density at radius 1 is 1.12 bits per heavy atom. The lowest BCUT2D eigenvalue weighted by Crippen LogP contribution is -2.00. The first-order valence-corrected chi connectivity index (χ1v) is 6.75. The van der Waals surface area contributed by atoms with Crippen LogP contribution in [-0.2, 0) is 12.8 Å². The van der Waals surface area contributed by atoms with Gasteiger partial charge >= 0.3 is 0 Å². The number of hydrogen-bond acceptors (Lipinski definition) is 2. The van der Waals surface area contributed by atoms with Crippen LogP contribution in [0.5, 0.6) is 0 Å². The number of aryl methyl sites for hydroxylation is 1. The third-order valence-corrected chi connectivity index (χ3v) is 3.92. The highest BCUT2D eigenvalue weighted by atomic mass is 35.5. The van der Waals surface area contributed by atoms with E-state index in [1.807, 2.05) is 12.1 Å². The van der Waals surface area contributed by atoms with Gasteiger partial charge in [-0.25, -0.2) is 0 Å². The van der Waals surface area contributed by atoms with Gasteiger partial charge in [-0.15, -0.1) is 11.3 Å². The summed E-state index contributed by atoms with van der Waals surface area (Å²) in [6.45, 7) is 2.12. The monoisotopic (exact) mass is 264 g/mol. The third-order valence-electron chi connectivity index (χ3n) is 2.64. The van der Waals surface area contributed by atoms with E-state index in [1.165, 1.54) is 16.9 Å². The van der Waals surface area contributed by atoms with Crippen molar-refractivity contribution in [2.24, 2.45) is 0 Å². The van der Waals surface area contributed by atoms with Gasteiger partial charge in [-0.2, -0.15) is 0 Å². The molecule has 1 aromatic heterocycles. The largest absolute Gasteiger partial charge is 0.293 e. The van der Waals surface area contributed by atoms with Crippen LogP contribution in [0.2, 0.25) is 4.34 Å². The summed E-state index contributed by atoms with van der Waals surface area (Å²) >= 11 is 7.15. The van der Waals surface area contributed by atoms with E-state index in [1.54, 1.807) is 12.1 Å². The van der Waals surface area contributed by atoms with E-state index in [-0.39, 0.29) is 5.78 Å². The highest BCUT2D eigenvalue weighted by molar-refractivity contribution is 7.18. The van der Waals surface area contributed by atoms with E-state index in [9.17, 15) is 4.79 Å². The van der Waals surface area contributed by atoms with Crippen molar-refractivity contribution < 1.29 is 4.79 Å². The van der Waals surface area contributed by atoms with Crippen molar-refractivity contribution in [3.8, 4) is 0 Å². The average Bonchev–Trinajstić information content (AvgIpc) is 2.77. The summed E-state index contributed by atoms with van der Waals surface area (Å²) < 4.78 is 0.662. The lowest BCUT2D eigenvalue weighted by atomic mass is 10.1. The number of benzene rings is 1. The molecule has 1 aromatic carbocycles. The van der Waals surface area contributed by atoms with E-state index < -0.39 is 0 Å². The van der Waals surface area contributed by atoms with E-state index >= 15 is 0 Å². The second-order valence-corrected chi connectivity index (χ2v) is 5.59. The molecule has 2 aromatic rings. The third kappa shape index (κ3) is 3.18. The van der Waals surface area contributed by atoms with Gasteiger partial charge < -0.3 is 0 Å². The van der Waals surface area contributed by atoms with Gasteiger partial charge in [0.25, 0.3) is 0 Å². The van der Waals surface area contributed by atoms with Gasteiger partial charge in [-0.05, 0) is 29.7 Å². The quantitative estimate of drug-likeness (QED) is 0.749. The molecule has 0 aliphatic carbocycles. The first-order chi connectivity index (χ1) is 8.19. The van der Waals surface area contributed by atoms with Crippen LogP contribution >= 0.6 is 22.9 Å². The first-order valence-electron chi connectivity index (χ1n) is 5.55. The molecule has 0 amide bonds. The Morgan fingerprint density at radius 3 is 2.29 bits per heavy atom. The van der Waals surface area contributed by atoms with Gasteiger partial charge in [0.15, 0.2) is 5.78 Å². The first kappa shape index (κ1) is 12.3. The second-order valence-electron chi connectivity index (χ2n) is 3.87. The topological polar surface area (TPSA) is 17.1 Å². The van der Waals surface area contributed by atoms with Crippen molar-refractivity contribution in [2.75, 3.05) is 0 Å². The number of rotatable bonds is 4. The number of hydrogen-bond donors (Lipinski definition) is 0. The molecule has 0 fully saturated rings. The van der Waals surface area contributed by atoms with Crippen molar-refractivity contribution in [1.29, 1.82) is 0 Å². The SMILES string of the molecule is CCc1ccc(CC(=O)c2ccc(Cl)s2)cc1. The molecule has 1 nitrogen and oxygen atoms in total. The van der Waals surface area contributed by atoms with Crippen molar-refractivity contribution in [2.45, 2.75) is 19.8 Å². The maximum absolute atomic E-state index is 11.9. The van der Waals surface area contributed by atoms with Crippen molar-refractivity contribution in [3.05, 3.63) is 56.7 Å². The summed E-state index contributed by atoms with van der Waals surface area (Å²) in [6.07, 6.45) is 1.47. The lowest BCUT2D eigenvalue weighted by Gasteiger charge is -2.01. The molecule has 0 N–H and O–H groups in total. The summed E-state index contributed by atoms with van der Waals surface area (Å²) in [5, 5.41) is 0. The molecule has 1 heterocycles. The fraction of sp³-hybridized carbons (Fsp3) is 0.214. The molecule has 0 aliphatic heterocycles. The molecular weight excluding hydrogens is 252 g/mol. The zero-order valence-electron chi connectivity index (χ0n) is 9.57. The van der Waals surface area contributed by atoms with Crippen LogP contribution in [0.4, 0.5) is 0 Å². The Kier molecular flexibility index (Phi) is 3.97. The summed E-state index contributed by atoms with van der Waals surface area (Å²) in [5.74, 6) is 0.131. The molecular formula is C14H13ClOS. The average molecular weight is 265 g/mol. The lowest BCUT2D eigenvalue weighted by molar-refractivity contribution is 0.0997. The molecule has 0 aliphatic rings. The minimum absolute atomic E-state index is 0.131. The standard InChI is InChI=1S/C14H13ClOS/c1-2-10-3-5-11(6-4-10)9-12(16)13-7-8-14(15)17-13/h3-8H,2,9H2,1H3. The highest BCUT2D eigenvalue weighted by Crippen LogP contribution is 2.22. The van der Waals surface area contributed by atoms with Gasteiger partial charge in [-0.3, -0.25) is 4.79 Å². The van der Waals surface area contributed by atoms with Crippen LogP contribution in [0.15, 0.2) is 36.4 Å². The van der Waals surface area contributed by atoms with Gasteiger partial charge in [0.2, 0.25) is 0 Å². The molecule has 0 bridgehead atoms. The van der Waals surface area contributed by atoms with Crippen molar-refractivity contribution in [1.82, 2.24) is 0 Å². The molecule has 0 saturated carbocycles. The van der Waals surface area contributed by atoms with Crippen LogP contribution in [0, 0.1) is 0 Å². The van der Waals surface area contributed by atoms with Crippen molar-refractivity contribution in [3.63, 3.8) is 0 Å². The summed E-state index contributed by atoms with van der Waals surface area (Å²) in [6, 6.07) is 11.7. The Labute approximate surface area is 110 Å². The predicted molar refractivity (Wildman–Crippen MR) is 73.2 cm³/mol. The van der Waals surface area contributed by atoms with E-state index in [4.69, 9.17) is 11.6 Å². The highest BCUT2D eigenvalue weighted by Gasteiger charge is 2.09. The number of carbonyl (C=O) groups is 1. The Bertz CT molecular complexity index is 513. The number of carbonyl (C=O) groups excluding carboxylic acids is 1. The maximum Gasteiger partial charge on any atom is 0.177 e. The fourth-order valence-electron chi connectivity index (χ4n) is 1.63. The maximum atomic E-state index is 11.9. The zero-order valence-corrected chi connectivity index (χ0v) is 11.1. The van der Waals surface area contributed by atoms with Crippen LogP contribution in [-0.4, -0.2) is 5.78 Å². The number of thiophene rings is 1. The molecule has 0 saturated heterocycles. The zero-order chi connectivity index (χ0) is 12.3. The normalized spacial score (nSPS) is 10.5. The number of Topliss-reactive ketones (excluding diaryl/α,β-unsaturated/α-hetero) is 1. The van der Waals surface area contributed by atoms with E-state index in [0.717, 1.165) is 16.9 Å². The molecule has 0 spiro atoms. The van der Waals surface area contributed by atoms with Crippen molar-refractivity contribution >= 4 is 28.7 Å². The van der Waals surface area contributed by atoms with Crippen LogP contribution in [0.3, 0.4) is 0 Å². The van der Waals surface area contributed by atoms with Gasteiger partial charge in [0.05, 0.1) is 9.21 Å². The number of ketones is 1. The predicted octanol–water partition coefficient (Wildman–Crippen LogP) is 4.39. The van der Waals surface area contributed by atoms with Gasteiger partial charge in [0.1, 0.15) is 0 Å². The smallest absolute Gasteiger partial charge is 0.177 e. The Balaban J connectivity index is 2.07.